The smallest absolute Gasteiger partial charge is 0.276 e. The Labute approximate surface area is 150 Å². The highest BCUT2D eigenvalue weighted by Crippen LogP contribution is 2.25. The topological polar surface area (TPSA) is 63.1 Å². The van der Waals surface area contributed by atoms with Gasteiger partial charge in [-0.3, -0.25) is 4.79 Å². The van der Waals surface area contributed by atoms with Crippen LogP contribution in [0.4, 0.5) is 0 Å². The summed E-state index contributed by atoms with van der Waals surface area (Å²) in [6, 6.07) is 0.369. The monoisotopic (exact) mass is 355 g/mol. The molecule has 6 nitrogen and oxygen atoms in total. The van der Waals surface area contributed by atoms with Crippen molar-refractivity contribution in [1.29, 1.82) is 0 Å². The highest BCUT2D eigenvalue weighted by Gasteiger charge is 2.26. The van der Waals surface area contributed by atoms with Gasteiger partial charge in [-0.15, -0.1) is 17.5 Å². The Morgan fingerprint density at radius 1 is 1.21 bits per heavy atom. The Hall–Kier alpha value is -1.14. The van der Waals surface area contributed by atoms with Gasteiger partial charge < -0.3 is 10.2 Å². The first-order chi connectivity index (χ1) is 11.2. The maximum atomic E-state index is 12.7. The number of piperidine rings is 1. The summed E-state index contributed by atoms with van der Waals surface area (Å²) in [5.74, 6) is 0.672. The summed E-state index contributed by atoms with van der Waals surface area (Å²) < 4.78 is 1.96. The Kier molecular flexibility index (Phi) is 7.04. The number of nitrogens with one attached hydrogen (secondary N) is 1. The summed E-state index contributed by atoms with van der Waals surface area (Å²) in [5, 5.41) is 11.8. The number of rotatable bonds is 4. The molecule has 1 N–H and O–H groups in total. The zero-order valence-corrected chi connectivity index (χ0v) is 15.6. The molecule has 24 heavy (non-hydrogen) atoms. The molecule has 0 aromatic carbocycles. The first-order valence-electron chi connectivity index (χ1n) is 9.04. The van der Waals surface area contributed by atoms with Crippen molar-refractivity contribution in [3.8, 4) is 0 Å². The van der Waals surface area contributed by atoms with Crippen molar-refractivity contribution >= 4 is 18.3 Å². The Morgan fingerprint density at radius 2 is 1.88 bits per heavy atom. The molecule has 0 spiro atoms. The van der Waals surface area contributed by atoms with Crippen molar-refractivity contribution < 1.29 is 4.79 Å². The third-order valence-electron chi connectivity index (χ3n) is 5.39. The minimum Gasteiger partial charge on any atom is -0.340 e. The van der Waals surface area contributed by atoms with Crippen LogP contribution in [0.5, 0.6) is 0 Å². The highest BCUT2D eigenvalue weighted by atomic mass is 35.5. The van der Waals surface area contributed by atoms with E-state index in [1.54, 1.807) is 0 Å². The second-order valence-electron chi connectivity index (χ2n) is 7.14. The molecule has 1 saturated carbocycles. The van der Waals surface area contributed by atoms with E-state index in [9.17, 15) is 4.79 Å². The maximum absolute atomic E-state index is 12.7. The predicted molar refractivity (Wildman–Crippen MR) is 96.7 cm³/mol. The van der Waals surface area contributed by atoms with Crippen molar-refractivity contribution in [3.05, 3.63) is 11.4 Å². The van der Waals surface area contributed by atoms with Gasteiger partial charge in [-0.1, -0.05) is 24.5 Å². The van der Waals surface area contributed by atoms with Crippen LogP contribution in [0.1, 0.15) is 67.2 Å². The predicted octanol–water partition coefficient (Wildman–Crippen LogP) is 2.59. The van der Waals surface area contributed by atoms with Gasteiger partial charge in [0.05, 0.1) is 11.7 Å². The number of aromatic nitrogens is 3. The van der Waals surface area contributed by atoms with Gasteiger partial charge in [-0.05, 0) is 51.6 Å². The van der Waals surface area contributed by atoms with Crippen LogP contribution in [0.3, 0.4) is 0 Å². The van der Waals surface area contributed by atoms with E-state index in [2.05, 4.69) is 15.6 Å². The molecular formula is C17H30ClN5O. The molecule has 1 aromatic heterocycles. The molecule has 1 aromatic rings. The Bertz CT molecular complexity index is 535. The van der Waals surface area contributed by atoms with Gasteiger partial charge in [0.2, 0.25) is 0 Å². The molecule has 0 bridgehead atoms. The van der Waals surface area contributed by atoms with Gasteiger partial charge in [0, 0.05) is 13.6 Å². The second kappa shape index (κ2) is 8.81. The van der Waals surface area contributed by atoms with Crippen LogP contribution < -0.4 is 5.32 Å². The fourth-order valence-electron chi connectivity index (χ4n) is 3.96. The highest BCUT2D eigenvalue weighted by molar-refractivity contribution is 5.93. The summed E-state index contributed by atoms with van der Waals surface area (Å²) in [4.78, 5) is 14.6. The first-order valence-corrected chi connectivity index (χ1v) is 9.04. The van der Waals surface area contributed by atoms with E-state index in [1.165, 1.54) is 32.1 Å². The summed E-state index contributed by atoms with van der Waals surface area (Å²) in [6.45, 7) is 4.84. The van der Waals surface area contributed by atoms with Crippen LogP contribution in [0, 0.1) is 12.8 Å². The quantitative estimate of drug-likeness (QED) is 0.901. The molecule has 136 valence electrons. The van der Waals surface area contributed by atoms with Crippen LogP contribution in [-0.4, -0.2) is 52.5 Å². The second-order valence-corrected chi connectivity index (χ2v) is 7.14. The molecule has 0 atom stereocenters. The third kappa shape index (κ3) is 4.28. The molecule has 2 fully saturated rings. The summed E-state index contributed by atoms with van der Waals surface area (Å²) >= 11 is 0. The largest absolute Gasteiger partial charge is 0.340 e. The lowest BCUT2D eigenvalue weighted by Gasteiger charge is -2.27. The third-order valence-corrected chi connectivity index (χ3v) is 5.39. The fourth-order valence-corrected chi connectivity index (χ4v) is 3.96. The van der Waals surface area contributed by atoms with Crippen molar-refractivity contribution in [2.75, 3.05) is 26.7 Å². The van der Waals surface area contributed by atoms with Gasteiger partial charge in [-0.2, -0.15) is 0 Å². The van der Waals surface area contributed by atoms with E-state index in [0.717, 1.165) is 38.2 Å². The van der Waals surface area contributed by atoms with Crippen LogP contribution in [0.25, 0.3) is 0 Å². The van der Waals surface area contributed by atoms with Gasteiger partial charge >= 0.3 is 0 Å². The molecular weight excluding hydrogens is 326 g/mol. The van der Waals surface area contributed by atoms with Gasteiger partial charge in [0.1, 0.15) is 0 Å². The Balaban J connectivity index is 0.00000208. The molecule has 1 aliphatic heterocycles. The van der Waals surface area contributed by atoms with Crippen molar-refractivity contribution in [1.82, 2.24) is 25.2 Å². The van der Waals surface area contributed by atoms with Crippen LogP contribution in [0.2, 0.25) is 0 Å². The number of nitrogens with zero attached hydrogens (tertiary/aromatic N) is 4. The van der Waals surface area contributed by atoms with Crippen molar-refractivity contribution in [2.45, 2.75) is 57.9 Å². The van der Waals surface area contributed by atoms with Crippen LogP contribution >= 0.6 is 12.4 Å². The lowest BCUT2D eigenvalue weighted by atomic mass is 9.89. The molecule has 1 aliphatic carbocycles. The minimum atomic E-state index is 0. The number of amides is 1. The van der Waals surface area contributed by atoms with E-state index >= 15 is 0 Å². The number of halogens is 1. The standard InChI is InChI=1S/C17H29N5O.ClH/c1-13-16(19-20-22(13)15-8-10-18-11-9-15)17(23)21(2)12-14-6-4-3-5-7-14;/h14-15,18H,3-12H2,1-2H3;1H. The molecule has 1 amide bonds. The molecule has 0 radical (unpaired) electrons. The first kappa shape index (κ1) is 19.2. The molecule has 0 unspecified atom stereocenters. The van der Waals surface area contributed by atoms with E-state index in [4.69, 9.17) is 0 Å². The van der Waals surface area contributed by atoms with Gasteiger partial charge in [-0.25, -0.2) is 4.68 Å². The van der Waals surface area contributed by atoms with E-state index in [1.807, 2.05) is 23.6 Å². The summed E-state index contributed by atoms with van der Waals surface area (Å²) in [5.41, 5.74) is 1.44. The van der Waals surface area contributed by atoms with E-state index in [0.29, 0.717) is 17.7 Å². The number of carbonyl (C=O) groups is 1. The van der Waals surface area contributed by atoms with Crippen LogP contribution in [-0.2, 0) is 0 Å². The molecule has 3 rings (SSSR count). The average molecular weight is 356 g/mol. The SMILES string of the molecule is Cc1c(C(=O)N(C)CC2CCCCC2)nnn1C1CCNCC1.Cl. The van der Waals surface area contributed by atoms with E-state index in [-0.39, 0.29) is 18.3 Å². The molecule has 1 saturated heterocycles. The summed E-state index contributed by atoms with van der Waals surface area (Å²) in [7, 11) is 1.90. The molecule has 2 aliphatic rings. The van der Waals surface area contributed by atoms with Crippen molar-refractivity contribution in [3.63, 3.8) is 0 Å². The zero-order valence-electron chi connectivity index (χ0n) is 14.8. The number of hydrogen-bond donors (Lipinski definition) is 1. The normalized spacial score (nSPS) is 19.8. The molecule has 2 heterocycles. The number of carbonyl (C=O) groups excluding carboxylic acids is 1. The zero-order chi connectivity index (χ0) is 16.2. The average Bonchev–Trinajstić information content (AvgIpc) is 2.97. The number of hydrogen-bond acceptors (Lipinski definition) is 4. The summed E-state index contributed by atoms with van der Waals surface area (Å²) in [6.07, 6.45) is 8.55. The van der Waals surface area contributed by atoms with Crippen molar-refractivity contribution in [2.24, 2.45) is 5.92 Å². The fraction of sp³-hybridized carbons (Fsp3) is 0.824. The Morgan fingerprint density at radius 3 is 2.54 bits per heavy atom. The minimum absolute atomic E-state index is 0. The van der Waals surface area contributed by atoms with Gasteiger partial charge in [0.25, 0.3) is 5.91 Å². The lowest BCUT2D eigenvalue weighted by molar-refractivity contribution is 0.0754. The maximum Gasteiger partial charge on any atom is 0.276 e. The van der Waals surface area contributed by atoms with E-state index < -0.39 is 0 Å². The van der Waals surface area contributed by atoms with Gasteiger partial charge in [0.15, 0.2) is 5.69 Å². The molecule has 7 heteroatoms. The van der Waals surface area contributed by atoms with Crippen LogP contribution in [0.15, 0.2) is 0 Å². The lowest BCUT2D eigenvalue weighted by Crippen LogP contribution is -2.33.